The summed E-state index contributed by atoms with van der Waals surface area (Å²) in [6.07, 6.45) is 2.62. The maximum atomic E-state index is 12.5. The fraction of sp³-hybridized carbons (Fsp3) is 0.333. The lowest BCUT2D eigenvalue weighted by molar-refractivity contribution is -0.131. The fourth-order valence-electron chi connectivity index (χ4n) is 2.16. The molecule has 1 heterocycles. The van der Waals surface area contributed by atoms with Crippen molar-refractivity contribution in [2.75, 3.05) is 24.6 Å². The van der Waals surface area contributed by atoms with E-state index in [0.717, 1.165) is 41.8 Å². The van der Waals surface area contributed by atoms with Crippen molar-refractivity contribution < 1.29 is 14.7 Å². The first-order valence-electron chi connectivity index (χ1n) is 6.47. The van der Waals surface area contributed by atoms with Crippen LogP contribution in [0.2, 0.25) is 0 Å². The minimum absolute atomic E-state index is 0.0355. The lowest BCUT2D eigenvalue weighted by Crippen LogP contribution is -2.38. The molecule has 1 aliphatic rings. The Bertz CT molecular complexity index is 548. The van der Waals surface area contributed by atoms with Crippen LogP contribution < -0.4 is 0 Å². The van der Waals surface area contributed by atoms with Gasteiger partial charge in [0.25, 0.3) is 5.91 Å². The van der Waals surface area contributed by atoms with Crippen molar-refractivity contribution in [3.63, 3.8) is 0 Å². The standard InChI is InChI=1S/C15H17NO3S/c1-11-12(5-6-14(17)18)3-2-4-13(11)15(19)16-7-9-20-10-8-16/h2-6H,7-10H2,1H3,(H,17,18). The average molecular weight is 291 g/mol. The average Bonchev–Trinajstić information content (AvgIpc) is 2.46. The van der Waals surface area contributed by atoms with Gasteiger partial charge in [0.05, 0.1) is 0 Å². The lowest BCUT2D eigenvalue weighted by atomic mass is 10.0. The molecule has 1 amide bonds. The van der Waals surface area contributed by atoms with Crippen molar-refractivity contribution >= 4 is 29.7 Å². The lowest BCUT2D eigenvalue weighted by Gasteiger charge is -2.27. The number of hydrogen-bond donors (Lipinski definition) is 1. The highest BCUT2D eigenvalue weighted by molar-refractivity contribution is 7.99. The normalized spacial score (nSPS) is 15.6. The number of rotatable bonds is 3. The second kappa shape index (κ2) is 6.61. The van der Waals surface area contributed by atoms with Crippen LogP contribution in [0.3, 0.4) is 0 Å². The van der Waals surface area contributed by atoms with Gasteiger partial charge in [-0.3, -0.25) is 4.79 Å². The predicted octanol–water partition coefficient (Wildman–Crippen LogP) is 2.28. The van der Waals surface area contributed by atoms with Crippen LogP contribution in [-0.4, -0.2) is 46.5 Å². The molecule has 0 atom stereocenters. The molecule has 0 saturated carbocycles. The predicted molar refractivity (Wildman–Crippen MR) is 81.1 cm³/mol. The van der Waals surface area contributed by atoms with Gasteiger partial charge in [-0.2, -0.15) is 11.8 Å². The SMILES string of the molecule is Cc1c(C=CC(=O)O)cccc1C(=O)N1CCSCC1. The van der Waals surface area contributed by atoms with Crippen molar-refractivity contribution in [3.05, 3.63) is 41.0 Å². The molecule has 0 spiro atoms. The van der Waals surface area contributed by atoms with Crippen molar-refractivity contribution in [2.45, 2.75) is 6.92 Å². The number of amides is 1. The van der Waals surface area contributed by atoms with Crippen LogP contribution in [0.4, 0.5) is 0 Å². The van der Waals surface area contributed by atoms with Crippen LogP contribution in [0.1, 0.15) is 21.5 Å². The molecule has 106 valence electrons. The van der Waals surface area contributed by atoms with Gasteiger partial charge in [-0.1, -0.05) is 12.1 Å². The van der Waals surface area contributed by atoms with Crippen LogP contribution in [0.25, 0.3) is 6.08 Å². The highest BCUT2D eigenvalue weighted by Gasteiger charge is 2.20. The molecule has 1 aromatic rings. The molecule has 1 aliphatic heterocycles. The minimum atomic E-state index is -0.991. The molecule has 5 heteroatoms. The Hall–Kier alpha value is -1.75. The van der Waals surface area contributed by atoms with Gasteiger partial charge >= 0.3 is 5.97 Å². The molecule has 0 bridgehead atoms. The minimum Gasteiger partial charge on any atom is -0.478 e. The molecule has 1 aromatic carbocycles. The fourth-order valence-corrected chi connectivity index (χ4v) is 3.07. The van der Waals surface area contributed by atoms with Gasteiger partial charge in [0.1, 0.15) is 0 Å². The van der Waals surface area contributed by atoms with E-state index in [1.54, 1.807) is 12.1 Å². The monoisotopic (exact) mass is 291 g/mol. The number of carboxylic acid groups (broad SMARTS) is 1. The van der Waals surface area contributed by atoms with E-state index in [1.807, 2.05) is 29.7 Å². The Kier molecular flexibility index (Phi) is 4.84. The summed E-state index contributed by atoms with van der Waals surface area (Å²) in [5.41, 5.74) is 2.25. The van der Waals surface area contributed by atoms with Crippen LogP contribution in [0.15, 0.2) is 24.3 Å². The van der Waals surface area contributed by atoms with Crippen LogP contribution in [0, 0.1) is 6.92 Å². The molecule has 20 heavy (non-hydrogen) atoms. The number of thioether (sulfide) groups is 1. The molecule has 0 aromatic heterocycles. The summed E-state index contributed by atoms with van der Waals surface area (Å²) in [4.78, 5) is 24.9. The summed E-state index contributed by atoms with van der Waals surface area (Å²) in [6.45, 7) is 3.41. The van der Waals surface area contributed by atoms with Crippen molar-refractivity contribution in [1.82, 2.24) is 4.90 Å². The van der Waals surface area contributed by atoms with Crippen LogP contribution in [-0.2, 0) is 4.79 Å². The highest BCUT2D eigenvalue weighted by atomic mass is 32.2. The van der Waals surface area contributed by atoms with E-state index in [0.29, 0.717) is 5.56 Å². The van der Waals surface area contributed by atoms with Gasteiger partial charge < -0.3 is 10.0 Å². The molecule has 0 unspecified atom stereocenters. The summed E-state index contributed by atoms with van der Waals surface area (Å²) in [5.74, 6) is 0.995. The third-order valence-corrected chi connectivity index (χ3v) is 4.25. The zero-order chi connectivity index (χ0) is 14.5. The molecular formula is C15H17NO3S. The third kappa shape index (κ3) is 3.42. The number of carbonyl (C=O) groups is 2. The highest BCUT2D eigenvalue weighted by Crippen LogP contribution is 2.19. The van der Waals surface area contributed by atoms with E-state index < -0.39 is 5.97 Å². The maximum absolute atomic E-state index is 12.5. The smallest absolute Gasteiger partial charge is 0.328 e. The van der Waals surface area contributed by atoms with E-state index in [9.17, 15) is 9.59 Å². The van der Waals surface area contributed by atoms with Crippen molar-refractivity contribution in [1.29, 1.82) is 0 Å². The number of aliphatic carboxylic acids is 1. The van der Waals surface area contributed by atoms with Crippen LogP contribution >= 0.6 is 11.8 Å². The molecule has 0 radical (unpaired) electrons. The Morgan fingerprint density at radius 3 is 2.65 bits per heavy atom. The van der Waals surface area contributed by atoms with E-state index >= 15 is 0 Å². The number of carboxylic acids is 1. The Morgan fingerprint density at radius 1 is 1.30 bits per heavy atom. The van der Waals surface area contributed by atoms with Crippen molar-refractivity contribution in [3.8, 4) is 0 Å². The maximum Gasteiger partial charge on any atom is 0.328 e. The second-order valence-electron chi connectivity index (χ2n) is 4.60. The van der Waals surface area contributed by atoms with Gasteiger partial charge in [-0.15, -0.1) is 0 Å². The summed E-state index contributed by atoms with van der Waals surface area (Å²) >= 11 is 1.86. The number of benzene rings is 1. The molecule has 1 N–H and O–H groups in total. The van der Waals surface area contributed by atoms with Gasteiger partial charge in [0.2, 0.25) is 0 Å². The van der Waals surface area contributed by atoms with Gasteiger partial charge in [-0.25, -0.2) is 4.79 Å². The first kappa shape index (κ1) is 14.7. The summed E-state index contributed by atoms with van der Waals surface area (Å²) in [7, 11) is 0. The summed E-state index contributed by atoms with van der Waals surface area (Å²) in [6, 6.07) is 5.41. The number of nitrogens with zero attached hydrogens (tertiary/aromatic N) is 1. The summed E-state index contributed by atoms with van der Waals surface area (Å²) in [5, 5.41) is 8.68. The zero-order valence-electron chi connectivity index (χ0n) is 11.3. The Labute approximate surface area is 122 Å². The van der Waals surface area contributed by atoms with E-state index in [-0.39, 0.29) is 5.91 Å². The van der Waals surface area contributed by atoms with Gasteiger partial charge in [0, 0.05) is 36.2 Å². The van der Waals surface area contributed by atoms with E-state index in [2.05, 4.69) is 0 Å². The first-order valence-corrected chi connectivity index (χ1v) is 7.62. The first-order chi connectivity index (χ1) is 9.59. The molecule has 1 saturated heterocycles. The van der Waals surface area contributed by atoms with E-state index in [4.69, 9.17) is 5.11 Å². The van der Waals surface area contributed by atoms with Crippen molar-refractivity contribution in [2.24, 2.45) is 0 Å². The number of hydrogen-bond acceptors (Lipinski definition) is 3. The zero-order valence-corrected chi connectivity index (χ0v) is 12.2. The van der Waals surface area contributed by atoms with Gasteiger partial charge in [-0.05, 0) is 30.2 Å². The summed E-state index contributed by atoms with van der Waals surface area (Å²) < 4.78 is 0. The second-order valence-corrected chi connectivity index (χ2v) is 5.82. The molecule has 2 rings (SSSR count). The Balaban J connectivity index is 2.25. The topological polar surface area (TPSA) is 57.6 Å². The quantitative estimate of drug-likeness (QED) is 0.868. The van der Waals surface area contributed by atoms with E-state index in [1.165, 1.54) is 6.08 Å². The Morgan fingerprint density at radius 2 is 2.00 bits per heavy atom. The molecule has 4 nitrogen and oxygen atoms in total. The molecule has 0 aliphatic carbocycles. The molecule has 1 fully saturated rings. The number of carbonyl (C=O) groups excluding carboxylic acids is 1. The van der Waals surface area contributed by atoms with Crippen LogP contribution in [0.5, 0.6) is 0 Å². The largest absolute Gasteiger partial charge is 0.478 e. The third-order valence-electron chi connectivity index (χ3n) is 3.31. The van der Waals surface area contributed by atoms with Gasteiger partial charge in [0.15, 0.2) is 0 Å². The molecular weight excluding hydrogens is 274 g/mol.